The van der Waals surface area contributed by atoms with Crippen LogP contribution in [0.1, 0.15) is 58.8 Å². The fraction of sp³-hybridized carbons (Fsp3) is 0.600. The molecule has 2 heterocycles. The van der Waals surface area contributed by atoms with E-state index < -0.39 is 5.97 Å². The van der Waals surface area contributed by atoms with Gasteiger partial charge in [-0.05, 0) is 46.1 Å². The molecule has 0 aliphatic carbocycles. The Balaban J connectivity index is 2.16. The first-order chi connectivity index (χ1) is 9.71. The van der Waals surface area contributed by atoms with Crippen LogP contribution in [0.2, 0.25) is 0 Å². The van der Waals surface area contributed by atoms with Crippen molar-refractivity contribution in [3.05, 3.63) is 22.5 Å². The van der Waals surface area contributed by atoms with Gasteiger partial charge in [-0.15, -0.1) is 0 Å². The summed E-state index contributed by atoms with van der Waals surface area (Å²) in [4.78, 5) is 26.3. The van der Waals surface area contributed by atoms with Crippen LogP contribution in [0.5, 0.6) is 0 Å². The van der Waals surface area contributed by atoms with Gasteiger partial charge in [-0.1, -0.05) is 0 Å². The average molecular weight is 294 g/mol. The number of carbonyl (C=O) groups excluding carboxylic acids is 1. The monoisotopic (exact) mass is 294 g/mol. The zero-order chi connectivity index (χ0) is 15.8. The number of nitrogens with one attached hydrogen (secondary N) is 2. The highest BCUT2D eigenvalue weighted by atomic mass is 16.5. The summed E-state index contributed by atoms with van der Waals surface area (Å²) in [6, 6.07) is 0.0447. The highest BCUT2D eigenvalue weighted by Gasteiger charge is 2.31. The minimum atomic E-state index is -1.05. The first kappa shape index (κ1) is 15.6. The third-order valence-corrected chi connectivity index (χ3v) is 3.91. The molecule has 1 amide bonds. The normalized spacial score (nSPS) is 21.0. The summed E-state index contributed by atoms with van der Waals surface area (Å²) in [5, 5.41) is 12.1. The number of aromatic nitrogens is 1. The Hall–Kier alpha value is -1.82. The van der Waals surface area contributed by atoms with E-state index in [-0.39, 0.29) is 23.2 Å². The molecule has 1 saturated heterocycles. The molecule has 2 rings (SSSR count). The summed E-state index contributed by atoms with van der Waals surface area (Å²) in [6.45, 7) is 7.97. The van der Waals surface area contributed by atoms with Crippen LogP contribution >= 0.6 is 0 Å². The quantitative estimate of drug-likeness (QED) is 0.795. The third-order valence-electron chi connectivity index (χ3n) is 3.91. The number of carboxylic acids is 1. The molecule has 6 heteroatoms. The van der Waals surface area contributed by atoms with E-state index >= 15 is 0 Å². The molecule has 0 bridgehead atoms. The van der Waals surface area contributed by atoms with E-state index in [0.717, 1.165) is 12.8 Å². The van der Waals surface area contributed by atoms with Crippen molar-refractivity contribution in [1.29, 1.82) is 0 Å². The molecule has 6 nitrogen and oxygen atoms in total. The van der Waals surface area contributed by atoms with Gasteiger partial charge in [0.25, 0.3) is 5.91 Å². The molecule has 1 aromatic rings. The first-order valence-corrected chi connectivity index (χ1v) is 7.08. The Morgan fingerprint density at radius 1 is 1.38 bits per heavy atom. The molecule has 1 aromatic heterocycles. The topological polar surface area (TPSA) is 91.4 Å². The van der Waals surface area contributed by atoms with E-state index in [1.165, 1.54) is 0 Å². The smallest absolute Gasteiger partial charge is 0.352 e. The van der Waals surface area contributed by atoms with E-state index in [1.54, 1.807) is 13.8 Å². The second-order valence-electron chi connectivity index (χ2n) is 6.20. The molecule has 0 spiro atoms. The number of ether oxygens (including phenoxy) is 1. The summed E-state index contributed by atoms with van der Waals surface area (Å²) < 4.78 is 5.63. The largest absolute Gasteiger partial charge is 0.477 e. The molecule has 0 radical (unpaired) electrons. The van der Waals surface area contributed by atoms with E-state index in [0.29, 0.717) is 23.4 Å². The van der Waals surface area contributed by atoms with Gasteiger partial charge in [-0.3, -0.25) is 4.79 Å². The number of carboxylic acid groups (broad SMARTS) is 1. The van der Waals surface area contributed by atoms with Gasteiger partial charge in [0.15, 0.2) is 0 Å². The second kappa shape index (κ2) is 5.52. The molecule has 1 aliphatic rings. The molecule has 1 fully saturated rings. The van der Waals surface area contributed by atoms with Gasteiger partial charge in [0.2, 0.25) is 0 Å². The maximum Gasteiger partial charge on any atom is 0.352 e. The van der Waals surface area contributed by atoms with Crippen molar-refractivity contribution in [2.75, 3.05) is 6.61 Å². The highest BCUT2D eigenvalue weighted by Crippen LogP contribution is 2.25. The van der Waals surface area contributed by atoms with Crippen LogP contribution in [-0.4, -0.2) is 40.2 Å². The number of aromatic amines is 1. The molecule has 1 unspecified atom stereocenters. The SMILES string of the molecule is Cc1[nH]c(C(=O)O)c(C)c1C(=O)NC1CCOC(C)(C)C1. The summed E-state index contributed by atoms with van der Waals surface area (Å²) in [7, 11) is 0. The van der Waals surface area contributed by atoms with E-state index in [9.17, 15) is 9.59 Å². The Bertz CT molecular complexity index is 574. The lowest BCUT2D eigenvalue weighted by atomic mass is 9.93. The summed E-state index contributed by atoms with van der Waals surface area (Å²) >= 11 is 0. The molecule has 116 valence electrons. The molecule has 3 N–H and O–H groups in total. The number of amides is 1. The Labute approximate surface area is 123 Å². The number of hydrogen-bond donors (Lipinski definition) is 3. The molecule has 1 atom stereocenters. The summed E-state index contributed by atoms with van der Waals surface area (Å²) in [5.74, 6) is -1.28. The summed E-state index contributed by atoms with van der Waals surface area (Å²) in [5.41, 5.74) is 1.31. The van der Waals surface area contributed by atoms with Crippen molar-refractivity contribution in [3.8, 4) is 0 Å². The van der Waals surface area contributed by atoms with E-state index in [4.69, 9.17) is 9.84 Å². The van der Waals surface area contributed by atoms with Gasteiger partial charge in [-0.2, -0.15) is 0 Å². The highest BCUT2D eigenvalue weighted by molar-refractivity contribution is 6.00. The van der Waals surface area contributed by atoms with Crippen molar-refractivity contribution in [3.63, 3.8) is 0 Å². The maximum atomic E-state index is 12.4. The molecule has 0 aromatic carbocycles. The predicted molar refractivity (Wildman–Crippen MR) is 77.7 cm³/mol. The zero-order valence-electron chi connectivity index (χ0n) is 12.9. The minimum Gasteiger partial charge on any atom is -0.477 e. The minimum absolute atomic E-state index is 0.0447. The number of carbonyl (C=O) groups is 2. The number of aromatic carboxylic acids is 1. The van der Waals surface area contributed by atoms with Crippen LogP contribution in [0.15, 0.2) is 0 Å². The summed E-state index contributed by atoms with van der Waals surface area (Å²) in [6.07, 6.45) is 1.51. The maximum absolute atomic E-state index is 12.4. The zero-order valence-corrected chi connectivity index (χ0v) is 12.9. The third kappa shape index (κ3) is 3.26. The number of H-pyrrole nitrogens is 1. The van der Waals surface area contributed by atoms with Gasteiger partial charge < -0.3 is 20.1 Å². The van der Waals surface area contributed by atoms with Crippen LogP contribution in [0, 0.1) is 13.8 Å². The van der Waals surface area contributed by atoms with Gasteiger partial charge in [0.05, 0.1) is 11.2 Å². The van der Waals surface area contributed by atoms with Gasteiger partial charge in [0, 0.05) is 18.3 Å². The fourth-order valence-electron chi connectivity index (χ4n) is 2.92. The van der Waals surface area contributed by atoms with E-state index in [1.807, 2.05) is 13.8 Å². The average Bonchev–Trinajstić information content (AvgIpc) is 2.63. The number of rotatable bonds is 3. The lowest BCUT2D eigenvalue weighted by molar-refractivity contribution is -0.0615. The van der Waals surface area contributed by atoms with Crippen LogP contribution in [0.25, 0.3) is 0 Å². The van der Waals surface area contributed by atoms with Crippen LogP contribution in [-0.2, 0) is 4.74 Å². The van der Waals surface area contributed by atoms with Crippen LogP contribution in [0.3, 0.4) is 0 Å². The van der Waals surface area contributed by atoms with Crippen molar-refractivity contribution in [2.24, 2.45) is 0 Å². The second-order valence-corrected chi connectivity index (χ2v) is 6.20. The number of hydrogen-bond acceptors (Lipinski definition) is 3. The van der Waals surface area contributed by atoms with Crippen molar-refractivity contribution >= 4 is 11.9 Å². The first-order valence-electron chi connectivity index (χ1n) is 7.08. The van der Waals surface area contributed by atoms with Crippen molar-refractivity contribution in [2.45, 2.75) is 52.2 Å². The molecule has 0 saturated carbocycles. The standard InChI is InChI=1S/C15H22N2O4/c1-8-11(9(2)16-12(8)14(19)20)13(18)17-10-5-6-21-15(3,4)7-10/h10,16H,5-7H2,1-4H3,(H,17,18)(H,19,20). The van der Waals surface area contributed by atoms with Gasteiger partial charge in [0.1, 0.15) is 5.69 Å². The Morgan fingerprint density at radius 3 is 2.57 bits per heavy atom. The molecular weight excluding hydrogens is 272 g/mol. The van der Waals surface area contributed by atoms with Crippen LogP contribution < -0.4 is 5.32 Å². The van der Waals surface area contributed by atoms with Crippen LogP contribution in [0.4, 0.5) is 0 Å². The molecule has 1 aliphatic heterocycles. The molecular formula is C15H22N2O4. The van der Waals surface area contributed by atoms with Crippen molar-refractivity contribution in [1.82, 2.24) is 10.3 Å². The number of aryl methyl sites for hydroxylation is 1. The lowest BCUT2D eigenvalue weighted by Crippen LogP contribution is -2.46. The predicted octanol–water partition coefficient (Wildman–Crippen LogP) is 2.02. The lowest BCUT2D eigenvalue weighted by Gasteiger charge is -2.35. The van der Waals surface area contributed by atoms with Gasteiger partial charge >= 0.3 is 5.97 Å². The molecule has 21 heavy (non-hydrogen) atoms. The fourth-order valence-corrected chi connectivity index (χ4v) is 2.92. The van der Waals surface area contributed by atoms with Gasteiger partial charge in [-0.25, -0.2) is 4.79 Å². The Morgan fingerprint density at radius 2 is 2.05 bits per heavy atom. The van der Waals surface area contributed by atoms with E-state index in [2.05, 4.69) is 10.3 Å². The van der Waals surface area contributed by atoms with Crippen molar-refractivity contribution < 1.29 is 19.4 Å². The Kier molecular flexibility index (Phi) is 4.09.